The number of aliphatic hydroxyl groups excluding tert-OH is 1. The highest BCUT2D eigenvalue weighted by atomic mass is 16.4. The number of nitrogens with zero attached hydrogens (tertiary/aromatic N) is 1. The van der Waals surface area contributed by atoms with Crippen LogP contribution in [0.25, 0.3) is 0 Å². The van der Waals surface area contributed by atoms with Gasteiger partial charge in [-0.15, -0.1) is 0 Å². The molecule has 0 aromatic heterocycles. The van der Waals surface area contributed by atoms with E-state index < -0.39 is 12.1 Å². The van der Waals surface area contributed by atoms with E-state index in [1.54, 1.807) is 0 Å². The maximum Gasteiger partial charge on any atom is 0.306 e. The van der Waals surface area contributed by atoms with E-state index >= 15 is 0 Å². The lowest BCUT2D eigenvalue weighted by molar-refractivity contribution is -0.142. The van der Waals surface area contributed by atoms with Crippen LogP contribution in [0.1, 0.15) is 149 Å². The van der Waals surface area contributed by atoms with Crippen LogP contribution in [0.5, 0.6) is 0 Å². The summed E-state index contributed by atoms with van der Waals surface area (Å²) in [6.45, 7) is 8.71. The number of rotatable bonds is 22. The smallest absolute Gasteiger partial charge is 0.306 e. The molecule has 1 rings (SSSR count). The highest BCUT2D eigenvalue weighted by Crippen LogP contribution is 2.23. The number of hydrogen-bond acceptors (Lipinski definition) is 4. The fourth-order valence-electron chi connectivity index (χ4n) is 4.89. The van der Waals surface area contributed by atoms with Crippen molar-refractivity contribution in [3.8, 4) is 0 Å². The molecule has 38 heavy (non-hydrogen) atoms. The number of oxime groups is 1. The Balaban J connectivity index is 0.000000726. The third-order valence-electron chi connectivity index (χ3n) is 7.42. The lowest BCUT2D eigenvalue weighted by atomic mass is 9.86. The fourth-order valence-corrected chi connectivity index (χ4v) is 4.89. The zero-order valence-electron chi connectivity index (χ0n) is 25.0. The summed E-state index contributed by atoms with van der Waals surface area (Å²) in [5, 5.41) is 32.4. The molecule has 0 aliphatic rings. The van der Waals surface area contributed by atoms with Gasteiger partial charge in [-0.2, -0.15) is 0 Å². The number of hydrogen-bond donors (Lipinski definition) is 3. The molecule has 0 bridgehead atoms. The Kier molecular flexibility index (Phi) is 24.1. The third-order valence-corrected chi connectivity index (χ3v) is 7.42. The summed E-state index contributed by atoms with van der Waals surface area (Å²) >= 11 is 0. The number of carbonyl (C=O) groups is 1. The molecule has 1 aromatic carbocycles. The first-order valence-corrected chi connectivity index (χ1v) is 15.6. The van der Waals surface area contributed by atoms with Crippen molar-refractivity contribution in [2.45, 2.75) is 149 Å². The highest BCUT2D eigenvalue weighted by molar-refractivity contribution is 6.03. The predicted molar refractivity (Wildman–Crippen MR) is 161 cm³/mol. The average Bonchev–Trinajstić information content (AvgIpc) is 2.93. The molecule has 2 atom stereocenters. The molecule has 0 heterocycles. The first kappa shape index (κ1) is 36.1. The van der Waals surface area contributed by atoms with Crippen LogP contribution in [0.4, 0.5) is 0 Å². The minimum absolute atomic E-state index is 0.0898. The molecular formula is C33H59NO4. The quantitative estimate of drug-likeness (QED) is 0.0599. The standard InChI is InChI=1S/C17H27NO2.C16H32O2/c1-3-5-10-15(11-6-4-2)17(19)16(18-20)14-12-8-7-9-13-14;1-3-5-7-9-10-12-14-15(16(17)18)13-11-8-6-4-2/h7-9,12-13,15,17,19-20H,3-6,10-11H2,1-2H3;15H,3-14H2,1-2H3,(H,17,18). The molecular weight excluding hydrogens is 474 g/mol. The van der Waals surface area contributed by atoms with E-state index in [1.165, 1.54) is 51.4 Å². The molecule has 0 fully saturated rings. The molecule has 1 aromatic rings. The van der Waals surface area contributed by atoms with Crippen molar-refractivity contribution in [1.29, 1.82) is 0 Å². The van der Waals surface area contributed by atoms with Crippen LogP contribution in [-0.4, -0.2) is 33.2 Å². The Morgan fingerprint density at radius 2 is 1.13 bits per heavy atom. The largest absolute Gasteiger partial charge is 0.481 e. The van der Waals surface area contributed by atoms with Crippen molar-refractivity contribution in [3.05, 3.63) is 35.9 Å². The zero-order chi connectivity index (χ0) is 28.4. The number of unbranched alkanes of at least 4 members (excludes halogenated alkanes) is 10. The van der Waals surface area contributed by atoms with Crippen LogP contribution >= 0.6 is 0 Å². The van der Waals surface area contributed by atoms with Gasteiger partial charge in [-0.1, -0.05) is 153 Å². The van der Waals surface area contributed by atoms with Crippen molar-refractivity contribution in [1.82, 2.24) is 0 Å². The average molecular weight is 534 g/mol. The highest BCUT2D eigenvalue weighted by Gasteiger charge is 2.25. The maximum absolute atomic E-state index is 11.1. The van der Waals surface area contributed by atoms with Crippen molar-refractivity contribution in [2.75, 3.05) is 0 Å². The number of benzene rings is 1. The lowest BCUT2D eigenvalue weighted by Gasteiger charge is -2.23. The van der Waals surface area contributed by atoms with Gasteiger partial charge in [0.15, 0.2) is 0 Å². The summed E-state index contributed by atoms with van der Waals surface area (Å²) in [7, 11) is 0. The third kappa shape index (κ3) is 17.6. The van der Waals surface area contributed by atoms with Gasteiger partial charge < -0.3 is 15.4 Å². The Morgan fingerprint density at radius 1 is 0.684 bits per heavy atom. The van der Waals surface area contributed by atoms with Crippen LogP contribution in [0, 0.1) is 11.8 Å². The minimum Gasteiger partial charge on any atom is -0.481 e. The van der Waals surface area contributed by atoms with E-state index in [1.807, 2.05) is 30.3 Å². The van der Waals surface area contributed by atoms with E-state index in [9.17, 15) is 20.2 Å². The molecule has 0 aliphatic heterocycles. The second-order valence-corrected chi connectivity index (χ2v) is 10.8. The van der Waals surface area contributed by atoms with Crippen molar-refractivity contribution >= 4 is 11.7 Å². The number of carboxylic acid groups (broad SMARTS) is 1. The van der Waals surface area contributed by atoms with Gasteiger partial charge in [-0.25, -0.2) is 0 Å². The number of aliphatic carboxylic acids is 1. The topological polar surface area (TPSA) is 90.1 Å². The van der Waals surface area contributed by atoms with Gasteiger partial charge in [0, 0.05) is 5.56 Å². The Morgan fingerprint density at radius 3 is 1.58 bits per heavy atom. The van der Waals surface area contributed by atoms with Gasteiger partial charge in [-0.3, -0.25) is 4.79 Å². The van der Waals surface area contributed by atoms with Gasteiger partial charge in [0.25, 0.3) is 0 Å². The molecule has 0 saturated carbocycles. The Bertz CT molecular complexity index is 683. The maximum atomic E-state index is 11.1. The van der Waals surface area contributed by atoms with Gasteiger partial charge in [0.1, 0.15) is 11.8 Å². The Hall–Kier alpha value is -1.88. The summed E-state index contributed by atoms with van der Waals surface area (Å²) in [6, 6.07) is 9.43. The number of aliphatic hydroxyl groups is 1. The second kappa shape index (κ2) is 25.4. The molecule has 0 radical (unpaired) electrons. The van der Waals surface area contributed by atoms with Gasteiger partial charge in [-0.05, 0) is 31.6 Å². The lowest BCUT2D eigenvalue weighted by Crippen LogP contribution is -2.30. The van der Waals surface area contributed by atoms with Crippen molar-refractivity contribution in [3.63, 3.8) is 0 Å². The predicted octanol–water partition coefficient (Wildman–Crippen LogP) is 9.63. The first-order valence-electron chi connectivity index (χ1n) is 15.6. The molecule has 0 saturated heterocycles. The van der Waals surface area contributed by atoms with Gasteiger partial charge in [0.2, 0.25) is 0 Å². The van der Waals surface area contributed by atoms with Crippen LogP contribution < -0.4 is 0 Å². The molecule has 0 spiro atoms. The van der Waals surface area contributed by atoms with E-state index in [0.717, 1.165) is 69.8 Å². The SMILES string of the molecule is CCCCC(CCCC)C(O)C(=NO)c1ccccc1.CCCCCCCCC(CCCCCC)C(=O)O. The fraction of sp³-hybridized carbons (Fsp3) is 0.758. The van der Waals surface area contributed by atoms with Crippen LogP contribution in [0.15, 0.2) is 35.5 Å². The molecule has 3 N–H and O–H groups in total. The monoisotopic (exact) mass is 533 g/mol. The van der Waals surface area contributed by atoms with E-state index in [0.29, 0.717) is 5.71 Å². The van der Waals surface area contributed by atoms with E-state index in [4.69, 9.17) is 0 Å². The number of carboxylic acids is 1. The summed E-state index contributed by atoms with van der Waals surface area (Å²) in [6.07, 6.45) is 19.7. The minimum atomic E-state index is -0.694. The van der Waals surface area contributed by atoms with Crippen molar-refractivity contribution in [2.24, 2.45) is 17.0 Å². The molecule has 220 valence electrons. The summed E-state index contributed by atoms with van der Waals surface area (Å²) in [5.41, 5.74) is 1.18. The molecule has 5 heteroatoms. The second-order valence-electron chi connectivity index (χ2n) is 10.8. The molecule has 2 unspecified atom stereocenters. The molecule has 0 amide bonds. The van der Waals surface area contributed by atoms with Crippen LogP contribution in [0.2, 0.25) is 0 Å². The molecule has 0 aliphatic carbocycles. The van der Waals surface area contributed by atoms with Crippen LogP contribution in [0.3, 0.4) is 0 Å². The zero-order valence-corrected chi connectivity index (χ0v) is 25.0. The summed E-state index contributed by atoms with van der Waals surface area (Å²) in [5.74, 6) is -0.505. The van der Waals surface area contributed by atoms with Gasteiger partial charge in [0.05, 0.1) is 5.92 Å². The normalized spacial score (nSPS) is 13.2. The van der Waals surface area contributed by atoms with Crippen molar-refractivity contribution < 1.29 is 20.2 Å². The molecule has 5 nitrogen and oxygen atoms in total. The van der Waals surface area contributed by atoms with E-state index in [-0.39, 0.29) is 11.8 Å². The van der Waals surface area contributed by atoms with Gasteiger partial charge >= 0.3 is 5.97 Å². The van der Waals surface area contributed by atoms with Crippen LogP contribution in [-0.2, 0) is 4.79 Å². The summed E-state index contributed by atoms with van der Waals surface area (Å²) in [4.78, 5) is 11.1. The van der Waals surface area contributed by atoms with E-state index in [2.05, 4.69) is 32.9 Å². The first-order chi connectivity index (χ1) is 18.5. The Labute approximate surface area is 234 Å². The summed E-state index contributed by atoms with van der Waals surface area (Å²) < 4.78 is 0.